The number of aliphatic hydroxyl groups is 1. The number of nitrogens with zero attached hydrogens (tertiary/aromatic N) is 1. The Hall–Kier alpha value is -1.84. The van der Waals surface area contributed by atoms with Crippen LogP contribution in [0.25, 0.3) is 0 Å². The van der Waals surface area contributed by atoms with Gasteiger partial charge in [-0.15, -0.1) is 0 Å². The number of urea groups is 1. The highest BCUT2D eigenvalue weighted by molar-refractivity contribution is 7.92. The zero-order valence-electron chi connectivity index (χ0n) is 13.1. The third kappa shape index (κ3) is 5.38. The topological polar surface area (TPSA) is 108 Å². The Balaban J connectivity index is 2.11. The van der Waals surface area contributed by atoms with E-state index in [4.69, 9.17) is 4.74 Å². The summed E-state index contributed by atoms with van der Waals surface area (Å²) in [5.41, 5.74) is 1.67. The fourth-order valence-electron chi connectivity index (χ4n) is 2.21. The van der Waals surface area contributed by atoms with E-state index < -0.39 is 16.1 Å². The van der Waals surface area contributed by atoms with Crippen molar-refractivity contribution in [1.29, 1.82) is 0 Å². The summed E-state index contributed by atoms with van der Waals surface area (Å²) in [6, 6.07) is 4.52. The number of sulfonamides is 1. The van der Waals surface area contributed by atoms with Crippen molar-refractivity contribution in [2.24, 2.45) is 0 Å². The fraction of sp³-hybridized carbons (Fsp3) is 0.500. The quantitative estimate of drug-likeness (QED) is 0.744. The number of nitrogens with one attached hydrogen (secondary N) is 2. The van der Waals surface area contributed by atoms with Gasteiger partial charge >= 0.3 is 6.03 Å². The minimum atomic E-state index is -3.39. The number of carbonyl (C=O) groups is 1. The van der Waals surface area contributed by atoms with Crippen molar-refractivity contribution in [3.05, 3.63) is 23.8 Å². The molecule has 1 aromatic rings. The van der Waals surface area contributed by atoms with Gasteiger partial charge in [0.15, 0.2) is 0 Å². The second-order valence-electron chi connectivity index (χ2n) is 5.51. The number of benzene rings is 1. The summed E-state index contributed by atoms with van der Waals surface area (Å²) < 4.78 is 30.1. The van der Waals surface area contributed by atoms with Crippen LogP contribution >= 0.6 is 0 Å². The summed E-state index contributed by atoms with van der Waals surface area (Å²) in [7, 11) is -3.39. The van der Waals surface area contributed by atoms with Gasteiger partial charge in [-0.1, -0.05) is 6.07 Å². The van der Waals surface area contributed by atoms with Gasteiger partial charge in [0.2, 0.25) is 10.0 Å². The van der Waals surface area contributed by atoms with E-state index in [0.717, 1.165) is 11.8 Å². The van der Waals surface area contributed by atoms with Crippen molar-refractivity contribution in [1.82, 2.24) is 4.90 Å². The van der Waals surface area contributed by atoms with Crippen LogP contribution in [-0.2, 0) is 14.8 Å². The lowest BCUT2D eigenvalue weighted by atomic mass is 10.2. The highest BCUT2D eigenvalue weighted by Gasteiger charge is 2.21. The van der Waals surface area contributed by atoms with Crippen molar-refractivity contribution in [2.45, 2.75) is 13.0 Å². The maximum absolute atomic E-state index is 12.3. The number of amides is 2. The highest BCUT2D eigenvalue weighted by Crippen LogP contribution is 2.21. The Morgan fingerprint density at radius 1 is 1.43 bits per heavy atom. The van der Waals surface area contributed by atoms with Crippen LogP contribution in [0.4, 0.5) is 16.2 Å². The first kappa shape index (κ1) is 17.5. The molecule has 1 aliphatic rings. The van der Waals surface area contributed by atoms with Gasteiger partial charge in [0, 0.05) is 12.2 Å². The zero-order valence-corrected chi connectivity index (χ0v) is 13.9. The lowest BCUT2D eigenvalue weighted by Crippen LogP contribution is -2.40. The number of aryl methyl sites for hydroxylation is 1. The van der Waals surface area contributed by atoms with Crippen LogP contribution in [0, 0.1) is 6.92 Å². The summed E-state index contributed by atoms with van der Waals surface area (Å²) in [5.74, 6) is 0. The number of carbonyl (C=O) groups excluding carboxylic acids is 1. The molecule has 23 heavy (non-hydrogen) atoms. The Labute approximate surface area is 135 Å². The van der Waals surface area contributed by atoms with E-state index in [1.807, 2.05) is 0 Å². The first-order valence-corrected chi connectivity index (χ1v) is 9.04. The van der Waals surface area contributed by atoms with E-state index in [2.05, 4.69) is 10.0 Å². The monoisotopic (exact) mass is 343 g/mol. The van der Waals surface area contributed by atoms with Crippen LogP contribution in [0.1, 0.15) is 5.56 Å². The van der Waals surface area contributed by atoms with E-state index in [0.29, 0.717) is 24.5 Å². The fourth-order valence-corrected chi connectivity index (χ4v) is 2.76. The van der Waals surface area contributed by atoms with E-state index in [9.17, 15) is 18.3 Å². The maximum Gasteiger partial charge on any atom is 0.322 e. The molecule has 1 atom stereocenters. The van der Waals surface area contributed by atoms with E-state index in [-0.39, 0.29) is 19.2 Å². The van der Waals surface area contributed by atoms with Crippen LogP contribution in [0.15, 0.2) is 18.2 Å². The molecular formula is C14H21N3O5S. The molecule has 1 aromatic carbocycles. The van der Waals surface area contributed by atoms with Gasteiger partial charge in [0.05, 0.1) is 37.8 Å². The molecule has 128 valence electrons. The van der Waals surface area contributed by atoms with Gasteiger partial charge in [-0.05, 0) is 24.6 Å². The third-order valence-corrected chi connectivity index (χ3v) is 3.92. The van der Waals surface area contributed by atoms with Gasteiger partial charge in [-0.2, -0.15) is 0 Å². The Morgan fingerprint density at radius 3 is 2.87 bits per heavy atom. The first-order valence-electron chi connectivity index (χ1n) is 7.15. The normalized spacial score (nSPS) is 19.1. The largest absolute Gasteiger partial charge is 0.389 e. The summed E-state index contributed by atoms with van der Waals surface area (Å²) >= 11 is 0. The molecule has 8 nitrogen and oxygen atoms in total. The smallest absolute Gasteiger partial charge is 0.322 e. The van der Waals surface area contributed by atoms with Crippen molar-refractivity contribution in [3.63, 3.8) is 0 Å². The predicted molar refractivity (Wildman–Crippen MR) is 87.1 cm³/mol. The van der Waals surface area contributed by atoms with Crippen LogP contribution in [0.3, 0.4) is 0 Å². The molecule has 2 amide bonds. The molecule has 2 rings (SSSR count). The van der Waals surface area contributed by atoms with Crippen molar-refractivity contribution in [3.8, 4) is 0 Å². The van der Waals surface area contributed by atoms with Gasteiger partial charge in [-0.3, -0.25) is 4.72 Å². The van der Waals surface area contributed by atoms with Crippen LogP contribution < -0.4 is 10.0 Å². The maximum atomic E-state index is 12.3. The number of anilines is 2. The number of hydrogen-bond donors (Lipinski definition) is 3. The van der Waals surface area contributed by atoms with Crippen molar-refractivity contribution in [2.75, 3.05) is 42.6 Å². The molecule has 1 aliphatic heterocycles. The van der Waals surface area contributed by atoms with Crippen molar-refractivity contribution >= 4 is 27.4 Å². The molecule has 1 saturated heterocycles. The molecule has 0 bridgehead atoms. The van der Waals surface area contributed by atoms with E-state index in [1.165, 1.54) is 4.90 Å². The number of β-amino-alcohol motifs (C(OH)–C–C–N with tert-alkyl or cyclic N) is 1. The molecule has 1 heterocycles. The average molecular weight is 343 g/mol. The van der Waals surface area contributed by atoms with Gasteiger partial charge < -0.3 is 20.1 Å². The lowest BCUT2D eigenvalue weighted by Gasteiger charge is -2.22. The second kappa shape index (κ2) is 7.16. The molecule has 0 radical (unpaired) electrons. The second-order valence-corrected chi connectivity index (χ2v) is 7.26. The number of hydrogen-bond acceptors (Lipinski definition) is 5. The minimum Gasteiger partial charge on any atom is -0.389 e. The molecule has 9 heteroatoms. The average Bonchev–Trinajstić information content (AvgIpc) is 2.65. The lowest BCUT2D eigenvalue weighted by molar-refractivity contribution is 0.0575. The van der Waals surface area contributed by atoms with Crippen LogP contribution in [-0.4, -0.2) is 63.1 Å². The minimum absolute atomic E-state index is 0.187. The van der Waals surface area contributed by atoms with Gasteiger partial charge in [-0.25, -0.2) is 13.2 Å². The first-order chi connectivity index (χ1) is 10.7. The predicted octanol–water partition coefficient (Wildman–Crippen LogP) is 0.592. The molecule has 0 aromatic heterocycles. The van der Waals surface area contributed by atoms with Crippen LogP contribution in [0.5, 0.6) is 0 Å². The van der Waals surface area contributed by atoms with Crippen molar-refractivity contribution < 1.29 is 23.1 Å². The Kier molecular flexibility index (Phi) is 5.45. The van der Waals surface area contributed by atoms with Crippen LogP contribution in [0.2, 0.25) is 0 Å². The van der Waals surface area contributed by atoms with Gasteiger partial charge in [0.1, 0.15) is 0 Å². The standard InChI is InChI=1S/C14H21N3O5S/c1-10-3-4-11(16-23(2,20)21)7-13(10)15-14(19)17-5-6-22-9-12(18)8-17/h3-4,7,12,16,18H,5-6,8-9H2,1-2H3,(H,15,19). The molecule has 3 N–H and O–H groups in total. The molecular weight excluding hydrogens is 322 g/mol. The third-order valence-electron chi connectivity index (χ3n) is 3.32. The molecule has 1 unspecified atom stereocenters. The number of ether oxygens (including phenoxy) is 1. The highest BCUT2D eigenvalue weighted by atomic mass is 32.2. The van der Waals surface area contributed by atoms with Gasteiger partial charge in [0.25, 0.3) is 0 Å². The van der Waals surface area contributed by atoms with E-state index in [1.54, 1.807) is 25.1 Å². The summed E-state index contributed by atoms with van der Waals surface area (Å²) in [6.45, 7) is 2.94. The molecule has 0 saturated carbocycles. The number of rotatable bonds is 3. The SMILES string of the molecule is Cc1ccc(NS(C)(=O)=O)cc1NC(=O)N1CCOCC(O)C1. The zero-order chi connectivity index (χ0) is 17.0. The molecule has 0 aliphatic carbocycles. The Morgan fingerprint density at radius 2 is 2.17 bits per heavy atom. The summed E-state index contributed by atoms with van der Waals surface area (Å²) in [5, 5.41) is 12.4. The van der Waals surface area contributed by atoms with E-state index >= 15 is 0 Å². The summed E-state index contributed by atoms with van der Waals surface area (Å²) in [4.78, 5) is 13.8. The molecule has 1 fully saturated rings. The molecule has 0 spiro atoms. The summed E-state index contributed by atoms with van der Waals surface area (Å²) in [6.07, 6.45) is 0.339. The Bertz CT molecular complexity index is 677. The number of aliphatic hydroxyl groups excluding tert-OH is 1.